The Morgan fingerprint density at radius 3 is 2.53 bits per heavy atom. The van der Waals surface area contributed by atoms with E-state index >= 15 is 0 Å². The molecule has 2 aliphatic rings. The average molecular weight is 404 g/mol. The predicted molar refractivity (Wildman–Crippen MR) is 112 cm³/mol. The molecular formula is C22H24N6O2. The molecule has 8 heteroatoms. The lowest BCUT2D eigenvalue weighted by atomic mass is 9.85. The summed E-state index contributed by atoms with van der Waals surface area (Å²) in [5, 5.41) is 7.74. The Kier molecular flexibility index (Phi) is 4.90. The molecule has 3 aromatic rings. The summed E-state index contributed by atoms with van der Waals surface area (Å²) in [5.41, 5.74) is 0.999. The molecule has 30 heavy (non-hydrogen) atoms. The van der Waals surface area contributed by atoms with Crippen LogP contribution in [0.3, 0.4) is 0 Å². The zero-order valence-corrected chi connectivity index (χ0v) is 16.7. The molecule has 0 atom stereocenters. The number of benzene rings is 1. The highest BCUT2D eigenvalue weighted by Gasteiger charge is 2.35. The first-order valence-corrected chi connectivity index (χ1v) is 10.5. The first kappa shape index (κ1) is 18.7. The Labute approximate surface area is 174 Å². The number of amides is 1. The number of likely N-dealkylation sites (tertiary alicyclic amines) is 1. The van der Waals surface area contributed by atoms with E-state index in [0.29, 0.717) is 18.9 Å². The summed E-state index contributed by atoms with van der Waals surface area (Å²) < 4.78 is 0. The fourth-order valence-electron chi connectivity index (χ4n) is 4.59. The van der Waals surface area contributed by atoms with Crippen molar-refractivity contribution in [2.75, 3.05) is 18.1 Å². The van der Waals surface area contributed by atoms with Crippen LogP contribution in [0.1, 0.15) is 32.1 Å². The van der Waals surface area contributed by atoms with Gasteiger partial charge in [0.05, 0.1) is 24.3 Å². The van der Waals surface area contributed by atoms with Crippen LogP contribution >= 0.6 is 0 Å². The van der Waals surface area contributed by atoms with E-state index in [2.05, 4.69) is 20.1 Å². The molecule has 1 saturated heterocycles. The third kappa shape index (κ3) is 3.42. The molecule has 1 aliphatic carbocycles. The van der Waals surface area contributed by atoms with Crippen molar-refractivity contribution in [3.8, 4) is 0 Å². The summed E-state index contributed by atoms with van der Waals surface area (Å²) in [4.78, 5) is 36.9. The van der Waals surface area contributed by atoms with Gasteiger partial charge in [0, 0.05) is 36.7 Å². The van der Waals surface area contributed by atoms with E-state index in [-0.39, 0.29) is 30.2 Å². The van der Waals surface area contributed by atoms with Crippen LogP contribution in [0.2, 0.25) is 0 Å². The number of fused-ring (bicyclic) bond motifs is 1. The number of rotatable bonds is 4. The summed E-state index contributed by atoms with van der Waals surface area (Å²) in [6.45, 7) is 0.850. The van der Waals surface area contributed by atoms with Crippen molar-refractivity contribution in [3.63, 3.8) is 0 Å². The number of aromatic nitrogens is 4. The molecule has 3 heterocycles. The molecule has 0 unspecified atom stereocenters. The van der Waals surface area contributed by atoms with Crippen LogP contribution in [0.15, 0.2) is 48.9 Å². The summed E-state index contributed by atoms with van der Waals surface area (Å²) in [6, 6.07) is 10.0. The van der Waals surface area contributed by atoms with Crippen molar-refractivity contribution < 1.29 is 9.59 Å². The minimum absolute atomic E-state index is 0.0138. The third-order valence-electron chi connectivity index (χ3n) is 6.15. The van der Waals surface area contributed by atoms with Crippen LogP contribution in [0.4, 0.5) is 5.95 Å². The second-order valence-corrected chi connectivity index (χ2v) is 8.04. The van der Waals surface area contributed by atoms with Gasteiger partial charge in [-0.1, -0.05) is 18.2 Å². The number of carbonyl (C=O) groups excluding carboxylic acids is 2. The maximum absolute atomic E-state index is 12.8. The first-order chi connectivity index (χ1) is 14.7. The molecule has 5 rings (SSSR count). The number of Topliss-reactive ketones (excluding diaryl/α,β-unsaturated/α-hetero) is 1. The minimum Gasteiger partial charge on any atom is -0.335 e. The quantitative estimate of drug-likeness (QED) is 0.664. The van der Waals surface area contributed by atoms with Crippen molar-refractivity contribution in [3.05, 3.63) is 48.9 Å². The van der Waals surface area contributed by atoms with E-state index in [1.54, 1.807) is 23.4 Å². The zero-order valence-electron chi connectivity index (χ0n) is 16.7. The van der Waals surface area contributed by atoms with Crippen LogP contribution in [0.5, 0.6) is 0 Å². The van der Waals surface area contributed by atoms with Crippen LogP contribution in [0, 0.1) is 5.92 Å². The van der Waals surface area contributed by atoms with Gasteiger partial charge < -0.3 is 4.90 Å². The van der Waals surface area contributed by atoms with Gasteiger partial charge in [-0.05, 0) is 37.8 Å². The lowest BCUT2D eigenvalue weighted by Crippen LogP contribution is -2.45. The number of para-hydroxylation sites is 1. The van der Waals surface area contributed by atoms with E-state index in [1.807, 2.05) is 35.3 Å². The van der Waals surface area contributed by atoms with E-state index < -0.39 is 0 Å². The van der Waals surface area contributed by atoms with E-state index in [1.165, 1.54) is 0 Å². The summed E-state index contributed by atoms with van der Waals surface area (Å²) in [5.74, 6) is 0.882. The SMILES string of the molecule is O=C1CCN(C(=O)C2CCC(N(c3ncccn3)n3ncc4ccccc43)CC2)C1. The van der Waals surface area contributed by atoms with Gasteiger partial charge in [0.25, 0.3) is 0 Å². The number of hydrogen-bond donors (Lipinski definition) is 0. The van der Waals surface area contributed by atoms with Crippen molar-refractivity contribution in [1.82, 2.24) is 24.8 Å². The van der Waals surface area contributed by atoms with Gasteiger partial charge in [-0.2, -0.15) is 9.89 Å². The van der Waals surface area contributed by atoms with Crippen molar-refractivity contribution in [2.24, 2.45) is 5.92 Å². The van der Waals surface area contributed by atoms with Crippen LogP contribution < -0.4 is 5.01 Å². The highest BCUT2D eigenvalue weighted by molar-refractivity contribution is 5.90. The molecule has 2 fully saturated rings. The normalized spacial score (nSPS) is 21.9. The molecule has 154 valence electrons. The Hall–Kier alpha value is -3.29. The van der Waals surface area contributed by atoms with Crippen LogP contribution in [0.25, 0.3) is 10.9 Å². The second kappa shape index (κ2) is 7.85. The highest BCUT2D eigenvalue weighted by atomic mass is 16.2. The molecule has 1 saturated carbocycles. The number of ketones is 1. The maximum atomic E-state index is 12.8. The Bertz CT molecular complexity index is 1060. The molecule has 0 N–H and O–H groups in total. The number of nitrogens with zero attached hydrogens (tertiary/aromatic N) is 6. The fraction of sp³-hybridized carbons (Fsp3) is 0.409. The monoisotopic (exact) mass is 404 g/mol. The Balaban J connectivity index is 1.38. The highest BCUT2D eigenvalue weighted by Crippen LogP contribution is 2.32. The van der Waals surface area contributed by atoms with Crippen molar-refractivity contribution in [1.29, 1.82) is 0 Å². The van der Waals surface area contributed by atoms with Crippen LogP contribution in [-0.4, -0.2) is 55.6 Å². The van der Waals surface area contributed by atoms with E-state index in [9.17, 15) is 9.59 Å². The molecular weight excluding hydrogens is 380 g/mol. The predicted octanol–water partition coefficient (Wildman–Crippen LogP) is 2.46. The van der Waals surface area contributed by atoms with Crippen LogP contribution in [-0.2, 0) is 9.59 Å². The number of carbonyl (C=O) groups is 2. The van der Waals surface area contributed by atoms with Gasteiger partial charge in [-0.25, -0.2) is 15.0 Å². The van der Waals surface area contributed by atoms with Gasteiger partial charge in [-0.15, -0.1) is 0 Å². The lowest BCUT2D eigenvalue weighted by Gasteiger charge is -2.37. The number of anilines is 1. The van der Waals surface area contributed by atoms with E-state index in [0.717, 1.165) is 36.6 Å². The summed E-state index contributed by atoms with van der Waals surface area (Å²) in [6.07, 6.45) is 9.07. The molecule has 1 aromatic carbocycles. The minimum atomic E-state index is -0.0138. The molecule has 8 nitrogen and oxygen atoms in total. The molecule has 1 aliphatic heterocycles. The van der Waals surface area contributed by atoms with Gasteiger partial charge in [-0.3, -0.25) is 9.59 Å². The van der Waals surface area contributed by atoms with Gasteiger partial charge in [0.15, 0.2) is 5.78 Å². The molecule has 2 aromatic heterocycles. The zero-order chi connectivity index (χ0) is 20.5. The van der Waals surface area contributed by atoms with Crippen molar-refractivity contribution in [2.45, 2.75) is 38.1 Å². The maximum Gasteiger partial charge on any atom is 0.246 e. The first-order valence-electron chi connectivity index (χ1n) is 10.5. The third-order valence-corrected chi connectivity index (χ3v) is 6.15. The number of hydrogen-bond acceptors (Lipinski definition) is 6. The van der Waals surface area contributed by atoms with Crippen molar-refractivity contribution >= 4 is 28.5 Å². The van der Waals surface area contributed by atoms with E-state index in [4.69, 9.17) is 0 Å². The summed E-state index contributed by atoms with van der Waals surface area (Å²) >= 11 is 0. The molecule has 0 spiro atoms. The summed E-state index contributed by atoms with van der Waals surface area (Å²) in [7, 11) is 0. The topological polar surface area (TPSA) is 84.2 Å². The Morgan fingerprint density at radius 1 is 1.03 bits per heavy atom. The van der Waals surface area contributed by atoms with Gasteiger partial charge >= 0.3 is 0 Å². The fourth-order valence-corrected chi connectivity index (χ4v) is 4.59. The standard InChI is InChI=1S/C22H24N6O2/c29-19-10-13-26(15-19)21(30)16-6-8-18(9-7-16)27(22-23-11-3-12-24-22)28-20-5-2-1-4-17(20)14-25-28/h1-5,11-12,14,16,18H,6-10,13,15H2. The lowest BCUT2D eigenvalue weighted by molar-refractivity contribution is -0.136. The largest absolute Gasteiger partial charge is 0.335 e. The molecule has 0 bridgehead atoms. The average Bonchev–Trinajstić information content (AvgIpc) is 3.42. The smallest absolute Gasteiger partial charge is 0.246 e. The molecule has 1 amide bonds. The van der Waals surface area contributed by atoms with Gasteiger partial charge in [0.1, 0.15) is 0 Å². The molecule has 0 radical (unpaired) electrons. The second-order valence-electron chi connectivity index (χ2n) is 8.04. The Morgan fingerprint density at radius 2 is 1.80 bits per heavy atom. The van der Waals surface area contributed by atoms with Gasteiger partial charge in [0.2, 0.25) is 11.9 Å².